The predicted molar refractivity (Wildman–Crippen MR) is 87.6 cm³/mol. The van der Waals surface area contributed by atoms with Crippen molar-refractivity contribution in [3.63, 3.8) is 0 Å². The standard InChI is InChI=1S/C16H18N4OS/c1-2-3-9-22-16-19-14(13(10-17)15(18)20-16)11-21-12-7-5-4-6-8-12/h4-8H,2-3,9,11H2,1H3,(H2,18,19,20). The van der Waals surface area contributed by atoms with Gasteiger partial charge in [-0.2, -0.15) is 5.26 Å². The summed E-state index contributed by atoms with van der Waals surface area (Å²) >= 11 is 1.55. The first-order valence-corrected chi connectivity index (χ1v) is 8.10. The molecule has 0 saturated carbocycles. The van der Waals surface area contributed by atoms with Crippen LogP contribution in [0.2, 0.25) is 0 Å². The average Bonchev–Trinajstić information content (AvgIpc) is 2.54. The van der Waals surface area contributed by atoms with Gasteiger partial charge in [0.1, 0.15) is 35.5 Å². The van der Waals surface area contributed by atoms with Gasteiger partial charge < -0.3 is 10.5 Å². The minimum absolute atomic E-state index is 0.195. The molecular formula is C16H18N4OS. The lowest BCUT2D eigenvalue weighted by Gasteiger charge is -2.10. The zero-order valence-corrected chi connectivity index (χ0v) is 13.3. The molecule has 0 aliphatic heterocycles. The number of ether oxygens (including phenoxy) is 1. The van der Waals surface area contributed by atoms with E-state index in [4.69, 9.17) is 10.5 Å². The Morgan fingerprint density at radius 1 is 1.27 bits per heavy atom. The Morgan fingerprint density at radius 2 is 2.05 bits per heavy atom. The number of benzene rings is 1. The Kier molecular flexibility index (Phi) is 6.04. The number of para-hydroxylation sites is 1. The minimum atomic E-state index is 0.195. The van der Waals surface area contributed by atoms with Crippen molar-refractivity contribution in [2.24, 2.45) is 0 Å². The molecule has 2 aromatic rings. The highest BCUT2D eigenvalue weighted by Crippen LogP contribution is 2.21. The van der Waals surface area contributed by atoms with E-state index in [1.165, 1.54) is 0 Å². The van der Waals surface area contributed by atoms with Crippen LogP contribution in [0.1, 0.15) is 31.0 Å². The van der Waals surface area contributed by atoms with Gasteiger partial charge in [0, 0.05) is 5.75 Å². The zero-order chi connectivity index (χ0) is 15.8. The summed E-state index contributed by atoms with van der Waals surface area (Å²) in [6, 6.07) is 11.5. The monoisotopic (exact) mass is 314 g/mol. The first kappa shape index (κ1) is 16.1. The van der Waals surface area contributed by atoms with E-state index in [0.29, 0.717) is 10.9 Å². The molecule has 0 aliphatic carbocycles. The number of nitrogens with zero attached hydrogens (tertiary/aromatic N) is 3. The van der Waals surface area contributed by atoms with E-state index in [9.17, 15) is 5.26 Å². The summed E-state index contributed by atoms with van der Waals surface area (Å²) in [6.45, 7) is 2.33. The van der Waals surface area contributed by atoms with E-state index in [0.717, 1.165) is 24.3 Å². The third-order valence-corrected chi connectivity index (χ3v) is 3.88. The molecule has 0 amide bonds. The third-order valence-electron chi connectivity index (χ3n) is 2.95. The van der Waals surface area contributed by atoms with Crippen molar-refractivity contribution in [2.75, 3.05) is 11.5 Å². The van der Waals surface area contributed by atoms with Gasteiger partial charge in [0.15, 0.2) is 5.16 Å². The number of hydrogen-bond acceptors (Lipinski definition) is 6. The van der Waals surface area contributed by atoms with Gasteiger partial charge in [-0.15, -0.1) is 0 Å². The molecule has 0 aliphatic rings. The van der Waals surface area contributed by atoms with Gasteiger partial charge >= 0.3 is 0 Å². The highest BCUT2D eigenvalue weighted by molar-refractivity contribution is 7.99. The molecule has 5 nitrogen and oxygen atoms in total. The fourth-order valence-electron chi connectivity index (χ4n) is 1.77. The number of nitriles is 1. The zero-order valence-electron chi connectivity index (χ0n) is 12.5. The number of anilines is 1. The van der Waals surface area contributed by atoms with Crippen molar-refractivity contribution in [2.45, 2.75) is 31.5 Å². The summed E-state index contributed by atoms with van der Waals surface area (Å²) in [5.74, 6) is 1.87. The smallest absolute Gasteiger partial charge is 0.189 e. The van der Waals surface area contributed by atoms with Crippen LogP contribution in [0.25, 0.3) is 0 Å². The molecule has 0 bridgehead atoms. The van der Waals surface area contributed by atoms with Crippen LogP contribution in [0.4, 0.5) is 5.82 Å². The van der Waals surface area contributed by atoms with Crippen LogP contribution in [0.15, 0.2) is 35.5 Å². The van der Waals surface area contributed by atoms with Gasteiger partial charge in [-0.25, -0.2) is 9.97 Å². The normalized spacial score (nSPS) is 10.2. The molecule has 1 heterocycles. The Labute approximate surface area is 134 Å². The van der Waals surface area contributed by atoms with Crippen LogP contribution in [0.5, 0.6) is 5.75 Å². The summed E-state index contributed by atoms with van der Waals surface area (Å²) in [5, 5.41) is 9.82. The maximum absolute atomic E-state index is 9.23. The number of hydrogen-bond donors (Lipinski definition) is 1. The molecule has 0 unspecified atom stereocenters. The van der Waals surface area contributed by atoms with Gasteiger partial charge in [0.2, 0.25) is 0 Å². The summed E-state index contributed by atoms with van der Waals surface area (Å²) in [6.07, 6.45) is 2.20. The molecule has 0 atom stereocenters. The van der Waals surface area contributed by atoms with E-state index < -0.39 is 0 Å². The van der Waals surface area contributed by atoms with E-state index in [-0.39, 0.29) is 18.0 Å². The summed E-state index contributed by atoms with van der Waals surface area (Å²) in [7, 11) is 0. The van der Waals surface area contributed by atoms with Crippen molar-refractivity contribution in [3.8, 4) is 11.8 Å². The van der Waals surface area contributed by atoms with Gasteiger partial charge in [-0.3, -0.25) is 0 Å². The van der Waals surface area contributed by atoms with Crippen molar-refractivity contribution < 1.29 is 4.74 Å². The topological polar surface area (TPSA) is 84.8 Å². The van der Waals surface area contributed by atoms with E-state index >= 15 is 0 Å². The maximum atomic E-state index is 9.23. The molecule has 22 heavy (non-hydrogen) atoms. The molecule has 1 aromatic carbocycles. The SMILES string of the molecule is CCCCSc1nc(N)c(C#N)c(COc2ccccc2)n1. The Balaban J connectivity index is 2.15. The second-order valence-corrected chi connectivity index (χ2v) is 5.69. The van der Waals surface area contributed by atoms with Crippen LogP contribution in [-0.4, -0.2) is 15.7 Å². The quantitative estimate of drug-likeness (QED) is 0.479. The van der Waals surface area contributed by atoms with Crippen LogP contribution < -0.4 is 10.5 Å². The molecule has 114 valence electrons. The Morgan fingerprint density at radius 3 is 2.73 bits per heavy atom. The largest absolute Gasteiger partial charge is 0.487 e. The van der Waals surface area contributed by atoms with Crippen molar-refractivity contribution >= 4 is 17.6 Å². The average molecular weight is 314 g/mol. The van der Waals surface area contributed by atoms with E-state index in [2.05, 4.69) is 23.0 Å². The molecule has 0 spiro atoms. The van der Waals surface area contributed by atoms with Crippen LogP contribution in [-0.2, 0) is 6.61 Å². The maximum Gasteiger partial charge on any atom is 0.189 e. The molecule has 0 radical (unpaired) electrons. The molecule has 0 saturated heterocycles. The van der Waals surface area contributed by atoms with Crippen LogP contribution >= 0.6 is 11.8 Å². The first-order valence-electron chi connectivity index (χ1n) is 7.11. The third kappa shape index (κ3) is 4.37. The first-order chi connectivity index (χ1) is 10.7. The van der Waals surface area contributed by atoms with Crippen molar-refractivity contribution in [1.82, 2.24) is 9.97 Å². The van der Waals surface area contributed by atoms with Crippen LogP contribution in [0, 0.1) is 11.3 Å². The van der Waals surface area contributed by atoms with Gasteiger partial charge in [-0.1, -0.05) is 43.3 Å². The predicted octanol–water partition coefficient (Wildman–Crippen LogP) is 3.40. The summed E-state index contributed by atoms with van der Waals surface area (Å²) in [4.78, 5) is 8.60. The van der Waals surface area contributed by atoms with Gasteiger partial charge in [-0.05, 0) is 18.6 Å². The van der Waals surface area contributed by atoms with Crippen molar-refractivity contribution in [3.05, 3.63) is 41.6 Å². The number of nitrogen functional groups attached to an aromatic ring is 1. The number of thioether (sulfide) groups is 1. The molecule has 2 N–H and O–H groups in total. The van der Waals surface area contributed by atoms with E-state index in [1.807, 2.05) is 30.3 Å². The highest BCUT2D eigenvalue weighted by Gasteiger charge is 2.13. The number of rotatable bonds is 7. The van der Waals surface area contributed by atoms with Gasteiger partial charge in [0.05, 0.1) is 0 Å². The summed E-state index contributed by atoms with van der Waals surface area (Å²) in [5.41, 5.74) is 6.68. The molecule has 0 fully saturated rings. The number of aromatic nitrogens is 2. The number of nitrogens with two attached hydrogens (primary N) is 1. The van der Waals surface area contributed by atoms with E-state index in [1.54, 1.807) is 11.8 Å². The molecule has 2 rings (SSSR count). The minimum Gasteiger partial charge on any atom is -0.487 e. The molecular weight excluding hydrogens is 296 g/mol. The lowest BCUT2D eigenvalue weighted by atomic mass is 10.2. The highest BCUT2D eigenvalue weighted by atomic mass is 32.2. The van der Waals surface area contributed by atoms with Gasteiger partial charge in [0.25, 0.3) is 0 Å². The molecule has 1 aromatic heterocycles. The Hall–Kier alpha value is -2.26. The summed E-state index contributed by atoms with van der Waals surface area (Å²) < 4.78 is 5.66. The fraction of sp³-hybridized carbons (Fsp3) is 0.312. The lowest BCUT2D eigenvalue weighted by molar-refractivity contribution is 0.299. The second-order valence-electron chi connectivity index (χ2n) is 4.63. The second kappa shape index (κ2) is 8.25. The number of unbranched alkanes of at least 4 members (excludes halogenated alkanes) is 1. The molecule has 6 heteroatoms. The fourth-order valence-corrected chi connectivity index (χ4v) is 2.72. The Bertz CT molecular complexity index is 655. The van der Waals surface area contributed by atoms with Crippen LogP contribution in [0.3, 0.4) is 0 Å². The lowest BCUT2D eigenvalue weighted by Crippen LogP contribution is -2.08. The van der Waals surface area contributed by atoms with Crippen molar-refractivity contribution in [1.29, 1.82) is 5.26 Å².